The average molecular weight is 205 g/mol. The van der Waals surface area contributed by atoms with Crippen molar-refractivity contribution in [3.63, 3.8) is 0 Å². The maximum Gasteiger partial charge on any atom is 0.0383 e. The molecule has 0 aliphatic heterocycles. The molecule has 0 saturated heterocycles. The van der Waals surface area contributed by atoms with Crippen LogP contribution in [0.15, 0.2) is 24.3 Å². The summed E-state index contributed by atoms with van der Waals surface area (Å²) in [5.74, 6) is 0. The minimum Gasteiger partial charge on any atom is -0.322 e. The maximum absolute atomic E-state index is 6.38. The van der Waals surface area contributed by atoms with Crippen LogP contribution in [0, 0.1) is 6.92 Å². The highest BCUT2D eigenvalue weighted by molar-refractivity contribution is 5.31. The van der Waals surface area contributed by atoms with Gasteiger partial charge in [0.1, 0.15) is 0 Å². The fourth-order valence-electron chi connectivity index (χ4n) is 2.09. The van der Waals surface area contributed by atoms with Crippen LogP contribution in [0.3, 0.4) is 0 Å². The van der Waals surface area contributed by atoms with Gasteiger partial charge in [0.25, 0.3) is 0 Å². The molecule has 1 nitrogen and oxygen atoms in total. The molecule has 0 saturated carbocycles. The molecule has 0 spiro atoms. The van der Waals surface area contributed by atoms with Gasteiger partial charge in [-0.1, -0.05) is 50.5 Å². The second kappa shape index (κ2) is 5.32. The summed E-state index contributed by atoms with van der Waals surface area (Å²) in [5, 5.41) is 0. The second-order valence-electron chi connectivity index (χ2n) is 4.69. The fraction of sp³-hybridized carbons (Fsp3) is 0.571. The largest absolute Gasteiger partial charge is 0.322 e. The smallest absolute Gasteiger partial charge is 0.0383 e. The zero-order valence-corrected chi connectivity index (χ0v) is 10.2. The molecule has 1 heteroatoms. The number of rotatable bonds is 5. The summed E-state index contributed by atoms with van der Waals surface area (Å²) in [6.45, 7) is 6.51. The van der Waals surface area contributed by atoms with Crippen LogP contribution in [0.4, 0.5) is 0 Å². The summed E-state index contributed by atoms with van der Waals surface area (Å²) in [4.78, 5) is 0. The summed E-state index contributed by atoms with van der Waals surface area (Å²) in [7, 11) is 0. The Balaban J connectivity index is 2.72. The number of hydrogen-bond donors (Lipinski definition) is 1. The van der Waals surface area contributed by atoms with Crippen molar-refractivity contribution in [3.8, 4) is 0 Å². The molecule has 0 aliphatic rings. The van der Waals surface area contributed by atoms with E-state index in [1.165, 1.54) is 30.4 Å². The molecule has 0 amide bonds. The van der Waals surface area contributed by atoms with Gasteiger partial charge >= 0.3 is 0 Å². The van der Waals surface area contributed by atoms with Crippen LogP contribution < -0.4 is 5.73 Å². The number of aryl methyl sites for hydroxylation is 1. The predicted octanol–water partition coefficient (Wildman–Crippen LogP) is 3.75. The van der Waals surface area contributed by atoms with E-state index < -0.39 is 0 Å². The van der Waals surface area contributed by atoms with Gasteiger partial charge < -0.3 is 5.73 Å². The van der Waals surface area contributed by atoms with Gasteiger partial charge in [0.15, 0.2) is 0 Å². The summed E-state index contributed by atoms with van der Waals surface area (Å²) in [5.41, 5.74) is 8.81. The molecule has 15 heavy (non-hydrogen) atoms. The summed E-state index contributed by atoms with van der Waals surface area (Å²) < 4.78 is 0. The van der Waals surface area contributed by atoms with Crippen LogP contribution in [-0.2, 0) is 5.54 Å². The first-order chi connectivity index (χ1) is 7.08. The molecule has 1 aromatic rings. The Labute approximate surface area is 93.7 Å². The highest BCUT2D eigenvalue weighted by Gasteiger charge is 2.21. The molecule has 0 aromatic heterocycles. The standard InChI is InChI=1S/C14H23N/c1-4-5-8-11-14(3,15)13-10-7-6-9-12(13)2/h6-7,9-10H,4-5,8,11,15H2,1-3H3. The van der Waals surface area contributed by atoms with Gasteiger partial charge in [-0.15, -0.1) is 0 Å². The molecule has 2 N–H and O–H groups in total. The van der Waals surface area contributed by atoms with Crippen molar-refractivity contribution in [1.29, 1.82) is 0 Å². The Morgan fingerprint density at radius 1 is 1.20 bits per heavy atom. The van der Waals surface area contributed by atoms with E-state index >= 15 is 0 Å². The van der Waals surface area contributed by atoms with Gasteiger partial charge in [0.05, 0.1) is 0 Å². The van der Waals surface area contributed by atoms with Crippen molar-refractivity contribution < 1.29 is 0 Å². The van der Waals surface area contributed by atoms with Gasteiger partial charge in [-0.2, -0.15) is 0 Å². The summed E-state index contributed by atoms with van der Waals surface area (Å²) in [6, 6.07) is 8.44. The van der Waals surface area contributed by atoms with Gasteiger partial charge in [-0.3, -0.25) is 0 Å². The zero-order valence-electron chi connectivity index (χ0n) is 10.2. The van der Waals surface area contributed by atoms with E-state index in [1.54, 1.807) is 0 Å². The topological polar surface area (TPSA) is 26.0 Å². The van der Waals surface area contributed by atoms with Crippen LogP contribution in [0.25, 0.3) is 0 Å². The van der Waals surface area contributed by atoms with Crippen LogP contribution in [0.1, 0.15) is 50.7 Å². The molecule has 0 radical (unpaired) electrons. The van der Waals surface area contributed by atoms with Gasteiger partial charge in [0, 0.05) is 5.54 Å². The maximum atomic E-state index is 6.38. The van der Waals surface area contributed by atoms with Crippen molar-refractivity contribution >= 4 is 0 Å². The lowest BCUT2D eigenvalue weighted by molar-refractivity contribution is 0.425. The number of hydrogen-bond acceptors (Lipinski definition) is 1. The zero-order chi connectivity index (χ0) is 11.3. The normalized spacial score (nSPS) is 14.9. The first-order valence-electron chi connectivity index (χ1n) is 5.93. The molecule has 0 bridgehead atoms. The van der Waals surface area contributed by atoms with Gasteiger partial charge in [-0.05, 0) is 31.4 Å². The Bertz CT molecular complexity index is 302. The van der Waals surface area contributed by atoms with Crippen LogP contribution in [-0.4, -0.2) is 0 Å². The summed E-state index contributed by atoms with van der Waals surface area (Å²) >= 11 is 0. The van der Waals surface area contributed by atoms with Crippen molar-refractivity contribution in [2.24, 2.45) is 5.73 Å². The fourth-order valence-corrected chi connectivity index (χ4v) is 2.09. The molecule has 1 unspecified atom stereocenters. The Morgan fingerprint density at radius 3 is 2.47 bits per heavy atom. The van der Waals surface area contributed by atoms with Crippen LogP contribution >= 0.6 is 0 Å². The first kappa shape index (κ1) is 12.3. The van der Waals surface area contributed by atoms with E-state index in [0.29, 0.717) is 0 Å². The van der Waals surface area contributed by atoms with Crippen molar-refractivity contribution in [2.45, 2.75) is 52.0 Å². The van der Waals surface area contributed by atoms with Crippen LogP contribution in [0.2, 0.25) is 0 Å². The molecule has 1 aromatic carbocycles. The average Bonchev–Trinajstić information content (AvgIpc) is 2.18. The molecule has 0 fully saturated rings. The van der Waals surface area contributed by atoms with E-state index in [9.17, 15) is 0 Å². The van der Waals surface area contributed by atoms with E-state index in [4.69, 9.17) is 5.73 Å². The highest BCUT2D eigenvalue weighted by atomic mass is 14.7. The molecule has 1 rings (SSSR count). The molecule has 0 aliphatic carbocycles. The lowest BCUT2D eigenvalue weighted by atomic mass is 9.85. The third kappa shape index (κ3) is 3.35. The van der Waals surface area contributed by atoms with E-state index in [-0.39, 0.29) is 5.54 Å². The lowest BCUT2D eigenvalue weighted by Crippen LogP contribution is -2.33. The Kier molecular flexibility index (Phi) is 4.34. The molecule has 84 valence electrons. The van der Waals surface area contributed by atoms with E-state index in [2.05, 4.69) is 45.0 Å². The number of nitrogens with two attached hydrogens (primary N) is 1. The summed E-state index contributed by atoms with van der Waals surface area (Å²) in [6.07, 6.45) is 4.83. The predicted molar refractivity (Wildman–Crippen MR) is 66.9 cm³/mol. The molecule has 0 heterocycles. The quantitative estimate of drug-likeness (QED) is 0.728. The molecular formula is C14H23N. The Morgan fingerprint density at radius 2 is 1.87 bits per heavy atom. The molecule has 1 atom stereocenters. The minimum absolute atomic E-state index is 0.166. The highest BCUT2D eigenvalue weighted by Crippen LogP contribution is 2.26. The van der Waals surface area contributed by atoms with E-state index in [1.807, 2.05) is 0 Å². The van der Waals surface area contributed by atoms with Crippen molar-refractivity contribution in [1.82, 2.24) is 0 Å². The van der Waals surface area contributed by atoms with Gasteiger partial charge in [0.2, 0.25) is 0 Å². The Hall–Kier alpha value is -0.820. The first-order valence-corrected chi connectivity index (χ1v) is 5.93. The van der Waals surface area contributed by atoms with Crippen molar-refractivity contribution in [2.75, 3.05) is 0 Å². The monoisotopic (exact) mass is 205 g/mol. The lowest BCUT2D eigenvalue weighted by Gasteiger charge is -2.27. The van der Waals surface area contributed by atoms with Gasteiger partial charge in [-0.25, -0.2) is 0 Å². The van der Waals surface area contributed by atoms with Crippen molar-refractivity contribution in [3.05, 3.63) is 35.4 Å². The number of benzene rings is 1. The van der Waals surface area contributed by atoms with Crippen LogP contribution in [0.5, 0.6) is 0 Å². The SMILES string of the molecule is CCCCCC(C)(N)c1ccccc1C. The minimum atomic E-state index is -0.166. The second-order valence-corrected chi connectivity index (χ2v) is 4.69. The number of unbranched alkanes of at least 4 members (excludes halogenated alkanes) is 2. The third-order valence-electron chi connectivity index (χ3n) is 3.06. The third-order valence-corrected chi connectivity index (χ3v) is 3.06. The van der Waals surface area contributed by atoms with E-state index in [0.717, 1.165) is 6.42 Å². The molecular weight excluding hydrogens is 182 g/mol.